The summed E-state index contributed by atoms with van der Waals surface area (Å²) in [6.45, 7) is 3.33. The number of piperazine rings is 1. The fourth-order valence-electron chi connectivity index (χ4n) is 4.55. The van der Waals surface area contributed by atoms with Gasteiger partial charge in [0.1, 0.15) is 11.5 Å². The highest BCUT2D eigenvalue weighted by atomic mass is 35.5. The first-order valence-corrected chi connectivity index (χ1v) is 13.2. The van der Waals surface area contributed by atoms with Crippen molar-refractivity contribution in [2.24, 2.45) is 4.99 Å². The highest BCUT2D eigenvalue weighted by Gasteiger charge is 2.29. The van der Waals surface area contributed by atoms with Crippen molar-refractivity contribution >= 4 is 68.6 Å². The smallest absolute Gasteiger partial charge is 0.286 e. The lowest BCUT2D eigenvalue weighted by Crippen LogP contribution is -2.47. The fourth-order valence-corrected chi connectivity index (χ4v) is 5.87. The van der Waals surface area contributed by atoms with E-state index in [1.165, 1.54) is 28.2 Å². The van der Waals surface area contributed by atoms with Crippen LogP contribution in [-0.2, 0) is 4.79 Å². The molecule has 0 saturated carbocycles. The van der Waals surface area contributed by atoms with E-state index in [1.807, 2.05) is 12.1 Å². The average Bonchev–Trinajstić information content (AvgIpc) is 3.52. The van der Waals surface area contributed by atoms with Crippen LogP contribution in [0.3, 0.4) is 0 Å². The molecule has 1 fully saturated rings. The van der Waals surface area contributed by atoms with Crippen LogP contribution >= 0.6 is 35.0 Å². The number of nitrogens with zero attached hydrogens (tertiary/aromatic N) is 3. The van der Waals surface area contributed by atoms with Gasteiger partial charge >= 0.3 is 0 Å². The van der Waals surface area contributed by atoms with Gasteiger partial charge in [0.15, 0.2) is 5.17 Å². The maximum atomic E-state index is 12.6. The molecule has 0 spiro atoms. The van der Waals surface area contributed by atoms with Gasteiger partial charge in [-0.1, -0.05) is 59.6 Å². The summed E-state index contributed by atoms with van der Waals surface area (Å²) in [7, 11) is 0. The highest BCUT2D eigenvalue weighted by molar-refractivity contribution is 8.18. The van der Waals surface area contributed by atoms with E-state index in [0.717, 1.165) is 31.3 Å². The molecule has 0 bridgehead atoms. The zero-order chi connectivity index (χ0) is 24.6. The molecule has 6 rings (SSSR count). The minimum Gasteiger partial charge on any atom is -0.457 e. The molecule has 5 nitrogen and oxygen atoms in total. The molecule has 2 aliphatic rings. The number of amides is 1. The Hall–Kier alpha value is -3.19. The number of hydrogen-bond acceptors (Lipinski definition) is 5. The summed E-state index contributed by atoms with van der Waals surface area (Å²) in [6, 6.07) is 23.7. The average molecular weight is 534 g/mol. The monoisotopic (exact) mass is 533 g/mol. The topological polar surface area (TPSA) is 49.1 Å². The van der Waals surface area contributed by atoms with E-state index >= 15 is 0 Å². The number of carbonyl (C=O) groups excluding carboxylic acids is 1. The van der Waals surface area contributed by atoms with Gasteiger partial charge in [0.2, 0.25) is 0 Å². The van der Waals surface area contributed by atoms with Crippen LogP contribution in [0.15, 0.2) is 87.1 Å². The molecule has 8 heteroatoms. The molecule has 0 N–H and O–H groups in total. The number of carbonyl (C=O) groups is 1. The lowest BCUT2D eigenvalue weighted by Gasteiger charge is -2.37. The van der Waals surface area contributed by atoms with Crippen molar-refractivity contribution in [3.63, 3.8) is 0 Å². The van der Waals surface area contributed by atoms with Gasteiger partial charge in [-0.25, -0.2) is 0 Å². The van der Waals surface area contributed by atoms with Gasteiger partial charge in [-0.2, -0.15) is 4.99 Å². The summed E-state index contributed by atoms with van der Waals surface area (Å²) in [5.41, 5.74) is 1.96. The molecule has 36 heavy (non-hydrogen) atoms. The number of rotatable bonds is 3. The first kappa shape index (κ1) is 23.2. The zero-order valence-electron chi connectivity index (χ0n) is 19.2. The summed E-state index contributed by atoms with van der Waals surface area (Å²) in [4.78, 5) is 22.1. The molecule has 1 saturated heterocycles. The predicted molar refractivity (Wildman–Crippen MR) is 150 cm³/mol. The Balaban J connectivity index is 1.14. The van der Waals surface area contributed by atoms with Crippen LogP contribution in [0.4, 0.5) is 5.69 Å². The summed E-state index contributed by atoms with van der Waals surface area (Å²) in [5, 5.41) is 4.37. The Labute approximate surface area is 223 Å². The van der Waals surface area contributed by atoms with Crippen molar-refractivity contribution in [2.45, 2.75) is 0 Å². The third-order valence-corrected chi connectivity index (χ3v) is 7.97. The predicted octanol–water partition coefficient (Wildman–Crippen LogP) is 7.20. The molecule has 2 aliphatic heterocycles. The molecule has 1 amide bonds. The summed E-state index contributed by atoms with van der Waals surface area (Å²) in [5.74, 6) is 0.912. The maximum absolute atomic E-state index is 12.6. The van der Waals surface area contributed by atoms with Gasteiger partial charge in [-0.15, -0.1) is 0 Å². The van der Waals surface area contributed by atoms with Crippen molar-refractivity contribution < 1.29 is 9.21 Å². The van der Waals surface area contributed by atoms with Gasteiger partial charge in [0, 0.05) is 53.9 Å². The third kappa shape index (κ3) is 4.52. The van der Waals surface area contributed by atoms with E-state index in [1.54, 1.807) is 24.3 Å². The van der Waals surface area contributed by atoms with Crippen molar-refractivity contribution in [3.05, 3.63) is 93.5 Å². The lowest BCUT2D eigenvalue weighted by molar-refractivity contribution is -0.113. The Morgan fingerprint density at radius 3 is 2.53 bits per heavy atom. The molecule has 180 valence electrons. The van der Waals surface area contributed by atoms with E-state index in [9.17, 15) is 4.79 Å². The number of aliphatic imine (C=N–C) groups is 1. The van der Waals surface area contributed by atoms with Crippen LogP contribution in [0.25, 0.3) is 28.2 Å². The third-order valence-electron chi connectivity index (χ3n) is 6.36. The molecule has 3 aromatic carbocycles. The van der Waals surface area contributed by atoms with E-state index in [4.69, 9.17) is 27.6 Å². The largest absolute Gasteiger partial charge is 0.457 e. The highest BCUT2D eigenvalue weighted by Crippen LogP contribution is 2.35. The van der Waals surface area contributed by atoms with Gasteiger partial charge < -0.3 is 14.2 Å². The number of benzene rings is 3. The molecule has 0 unspecified atom stereocenters. The number of anilines is 1. The van der Waals surface area contributed by atoms with Gasteiger partial charge in [-0.05, 0) is 53.5 Å². The Morgan fingerprint density at radius 2 is 1.67 bits per heavy atom. The Morgan fingerprint density at radius 1 is 0.889 bits per heavy atom. The van der Waals surface area contributed by atoms with E-state index in [2.05, 4.69) is 57.3 Å². The zero-order valence-corrected chi connectivity index (χ0v) is 21.5. The second kappa shape index (κ2) is 9.69. The van der Waals surface area contributed by atoms with Crippen molar-refractivity contribution in [1.29, 1.82) is 0 Å². The molecule has 1 aromatic heterocycles. The molecular formula is C28H21Cl2N3O2S. The number of halogens is 2. The molecule has 0 atom stereocenters. The number of hydrogen-bond donors (Lipinski definition) is 0. The lowest BCUT2D eigenvalue weighted by atomic mass is 10.1. The standard InChI is InChI=1S/C28H21Cl2N3O2S/c29-19-8-10-23(30)22(16-19)25-11-9-20(35-25)17-26-27(34)31-28(36-26)33-14-12-32(13-15-33)24-7-3-5-18-4-1-2-6-21(18)24/h1-11,16-17H,12-15H2/b26-17-. The van der Waals surface area contributed by atoms with Crippen molar-refractivity contribution in [3.8, 4) is 11.3 Å². The van der Waals surface area contributed by atoms with E-state index < -0.39 is 0 Å². The Kier molecular flexibility index (Phi) is 6.25. The molecule has 0 aliphatic carbocycles. The number of amidine groups is 1. The van der Waals surface area contributed by atoms with Crippen molar-refractivity contribution in [1.82, 2.24) is 4.90 Å². The summed E-state index contributed by atoms with van der Waals surface area (Å²) >= 11 is 13.8. The summed E-state index contributed by atoms with van der Waals surface area (Å²) in [6.07, 6.45) is 1.73. The first-order valence-electron chi connectivity index (χ1n) is 11.6. The molecule has 0 radical (unpaired) electrons. The van der Waals surface area contributed by atoms with E-state index in [0.29, 0.717) is 32.0 Å². The summed E-state index contributed by atoms with van der Waals surface area (Å²) < 4.78 is 5.94. The fraction of sp³-hybridized carbons (Fsp3) is 0.143. The maximum Gasteiger partial charge on any atom is 0.286 e. The van der Waals surface area contributed by atoms with Crippen molar-refractivity contribution in [2.75, 3.05) is 31.1 Å². The second-order valence-electron chi connectivity index (χ2n) is 8.61. The quantitative estimate of drug-likeness (QED) is 0.260. The first-order chi connectivity index (χ1) is 17.5. The van der Waals surface area contributed by atoms with Crippen LogP contribution in [0, 0.1) is 0 Å². The minimum atomic E-state index is -0.245. The van der Waals surface area contributed by atoms with Gasteiger partial charge in [-0.3, -0.25) is 4.79 Å². The minimum absolute atomic E-state index is 0.245. The SMILES string of the molecule is O=C1N=C(N2CCN(c3cccc4ccccc34)CC2)S/C1=C\c1ccc(-c2cc(Cl)ccc2Cl)o1. The van der Waals surface area contributed by atoms with Crippen LogP contribution in [-0.4, -0.2) is 42.2 Å². The number of fused-ring (bicyclic) bond motifs is 1. The van der Waals surface area contributed by atoms with Crippen LogP contribution < -0.4 is 4.90 Å². The normalized spacial score (nSPS) is 17.3. The molecule has 4 aromatic rings. The van der Waals surface area contributed by atoms with Gasteiger partial charge in [0.05, 0.1) is 9.93 Å². The van der Waals surface area contributed by atoms with Gasteiger partial charge in [0.25, 0.3) is 5.91 Å². The van der Waals surface area contributed by atoms with Crippen LogP contribution in [0.5, 0.6) is 0 Å². The van der Waals surface area contributed by atoms with E-state index in [-0.39, 0.29) is 5.91 Å². The number of thioether (sulfide) groups is 1. The van der Waals surface area contributed by atoms with Crippen LogP contribution in [0.2, 0.25) is 10.0 Å². The second-order valence-corrected chi connectivity index (χ2v) is 10.5. The molecular weight excluding hydrogens is 513 g/mol. The number of furan rings is 1. The molecule has 3 heterocycles. The Bertz CT molecular complexity index is 1530. The van der Waals surface area contributed by atoms with Crippen LogP contribution in [0.1, 0.15) is 5.76 Å².